The van der Waals surface area contributed by atoms with E-state index in [9.17, 15) is 22.4 Å². The normalized spacial score (nSPS) is 18.8. The molecule has 8 nitrogen and oxygen atoms in total. The molecule has 2 amide bonds. The lowest BCUT2D eigenvalue weighted by Crippen LogP contribution is -2.58. The van der Waals surface area contributed by atoms with Gasteiger partial charge < -0.3 is 14.2 Å². The summed E-state index contributed by atoms with van der Waals surface area (Å²) < 4.78 is 46.9. The molecule has 0 unspecified atom stereocenters. The second-order valence-corrected chi connectivity index (χ2v) is 10.5. The van der Waals surface area contributed by atoms with Crippen LogP contribution in [0.3, 0.4) is 0 Å². The number of carbonyl (C=O) groups is 2. The lowest BCUT2D eigenvalue weighted by molar-refractivity contribution is -0.137. The van der Waals surface area contributed by atoms with Crippen molar-refractivity contribution in [2.75, 3.05) is 26.2 Å². The van der Waals surface area contributed by atoms with E-state index in [1.165, 1.54) is 22.7 Å². The molecule has 10 heteroatoms. The highest BCUT2D eigenvalue weighted by molar-refractivity contribution is 7.89. The summed E-state index contributed by atoms with van der Waals surface area (Å²) in [6.07, 6.45) is 1.67. The van der Waals surface area contributed by atoms with Crippen LogP contribution in [0.25, 0.3) is 0 Å². The number of benzene rings is 2. The fraction of sp³-hybridized carbons (Fsp3) is 0.280. The van der Waals surface area contributed by atoms with Gasteiger partial charge in [-0.25, -0.2) is 12.8 Å². The molecule has 182 valence electrons. The zero-order valence-electron chi connectivity index (χ0n) is 18.8. The highest BCUT2D eigenvalue weighted by atomic mass is 32.2. The minimum Gasteiger partial charge on any atom is -0.459 e. The molecular formula is C25H24FN3O5S. The zero-order valence-corrected chi connectivity index (χ0v) is 19.7. The van der Waals surface area contributed by atoms with Crippen molar-refractivity contribution in [3.63, 3.8) is 0 Å². The Morgan fingerprint density at radius 1 is 0.857 bits per heavy atom. The van der Waals surface area contributed by atoms with Gasteiger partial charge >= 0.3 is 0 Å². The van der Waals surface area contributed by atoms with Crippen LogP contribution in [0, 0.1) is 5.82 Å². The number of hydrogen-bond donors (Lipinski definition) is 0. The van der Waals surface area contributed by atoms with Crippen molar-refractivity contribution in [1.29, 1.82) is 0 Å². The molecule has 0 bridgehead atoms. The Morgan fingerprint density at radius 2 is 1.51 bits per heavy atom. The summed E-state index contributed by atoms with van der Waals surface area (Å²) in [5.41, 5.74) is 1.75. The molecule has 2 aliphatic rings. The first-order valence-electron chi connectivity index (χ1n) is 11.3. The molecule has 2 aromatic carbocycles. The minimum atomic E-state index is -4.07. The van der Waals surface area contributed by atoms with Crippen LogP contribution in [0.5, 0.6) is 0 Å². The lowest BCUT2D eigenvalue weighted by atomic mass is 9.95. The van der Waals surface area contributed by atoms with Gasteiger partial charge in [-0.05, 0) is 53.9 Å². The summed E-state index contributed by atoms with van der Waals surface area (Å²) >= 11 is 0. The zero-order chi connectivity index (χ0) is 24.6. The summed E-state index contributed by atoms with van der Waals surface area (Å²) in [6, 6.07) is 14.4. The van der Waals surface area contributed by atoms with Crippen molar-refractivity contribution < 1.29 is 26.8 Å². The summed E-state index contributed by atoms with van der Waals surface area (Å²) in [6.45, 7) is 1.25. The highest BCUT2D eigenvalue weighted by Gasteiger charge is 2.42. The third-order valence-corrected chi connectivity index (χ3v) is 8.39. The summed E-state index contributed by atoms with van der Waals surface area (Å²) in [4.78, 5) is 29.4. The molecule has 35 heavy (non-hydrogen) atoms. The van der Waals surface area contributed by atoms with E-state index in [1.54, 1.807) is 21.9 Å². The quantitative estimate of drug-likeness (QED) is 0.553. The van der Waals surface area contributed by atoms with Gasteiger partial charge in [0.2, 0.25) is 15.9 Å². The molecule has 0 spiro atoms. The molecule has 5 rings (SSSR count). The third-order valence-electron chi connectivity index (χ3n) is 6.52. The minimum absolute atomic E-state index is 0.0449. The Bertz CT molecular complexity index is 1330. The van der Waals surface area contributed by atoms with Crippen LogP contribution < -0.4 is 0 Å². The number of furan rings is 1. The second kappa shape index (κ2) is 9.27. The summed E-state index contributed by atoms with van der Waals surface area (Å²) in [7, 11) is -4.07. The molecule has 1 atom stereocenters. The van der Waals surface area contributed by atoms with E-state index in [-0.39, 0.29) is 48.5 Å². The highest BCUT2D eigenvalue weighted by Crippen LogP contribution is 2.30. The first-order valence-corrected chi connectivity index (χ1v) is 12.7. The maximum Gasteiger partial charge on any atom is 0.289 e. The van der Waals surface area contributed by atoms with Crippen LogP contribution in [-0.4, -0.2) is 66.6 Å². The van der Waals surface area contributed by atoms with Crippen molar-refractivity contribution in [1.82, 2.24) is 14.1 Å². The number of nitrogens with zero attached hydrogens (tertiary/aromatic N) is 3. The van der Waals surface area contributed by atoms with Gasteiger partial charge in [0.1, 0.15) is 11.9 Å². The Labute approximate surface area is 202 Å². The van der Waals surface area contributed by atoms with Crippen LogP contribution in [-0.2, 0) is 27.8 Å². The van der Waals surface area contributed by atoms with Crippen LogP contribution in [0.1, 0.15) is 21.7 Å². The predicted molar refractivity (Wildman–Crippen MR) is 124 cm³/mol. The molecular weight excluding hydrogens is 473 g/mol. The van der Waals surface area contributed by atoms with Crippen molar-refractivity contribution >= 4 is 21.8 Å². The fourth-order valence-corrected chi connectivity index (χ4v) is 6.16. The van der Waals surface area contributed by atoms with E-state index < -0.39 is 21.9 Å². The van der Waals surface area contributed by atoms with Crippen molar-refractivity contribution in [3.8, 4) is 0 Å². The fourth-order valence-electron chi connectivity index (χ4n) is 4.60. The number of amides is 2. The molecule has 2 aliphatic heterocycles. The van der Waals surface area contributed by atoms with Gasteiger partial charge in [-0.1, -0.05) is 24.3 Å². The third kappa shape index (κ3) is 4.46. The first kappa shape index (κ1) is 23.3. The topological polar surface area (TPSA) is 91.1 Å². The standard InChI is InChI=1S/C25H24FN3O5S/c26-20-7-9-21(10-8-20)35(32,33)29-17-19-5-2-1-4-18(19)16-22(29)24(30)27-11-13-28(14-12-27)25(31)23-6-3-15-34-23/h1-10,15,22H,11-14,16-17H2/t22-/m0/s1. The van der Waals surface area contributed by atoms with Gasteiger partial charge in [0, 0.05) is 32.7 Å². The molecule has 1 saturated heterocycles. The average molecular weight is 498 g/mol. The molecule has 0 radical (unpaired) electrons. The van der Waals surface area contributed by atoms with E-state index in [1.807, 2.05) is 24.3 Å². The van der Waals surface area contributed by atoms with Gasteiger partial charge in [-0.2, -0.15) is 4.31 Å². The van der Waals surface area contributed by atoms with Crippen molar-refractivity contribution in [2.45, 2.75) is 23.9 Å². The Hall–Kier alpha value is -3.50. The number of sulfonamides is 1. The Balaban J connectivity index is 1.38. The van der Waals surface area contributed by atoms with Crippen LogP contribution in [0.15, 0.2) is 76.2 Å². The molecule has 0 saturated carbocycles. The van der Waals surface area contributed by atoms with Gasteiger partial charge in [0.25, 0.3) is 5.91 Å². The van der Waals surface area contributed by atoms with E-state index in [0.717, 1.165) is 23.3 Å². The van der Waals surface area contributed by atoms with E-state index in [0.29, 0.717) is 13.1 Å². The number of rotatable bonds is 4. The average Bonchev–Trinajstić information content (AvgIpc) is 3.42. The maximum atomic E-state index is 13.6. The molecule has 3 heterocycles. The van der Waals surface area contributed by atoms with Gasteiger partial charge in [-0.3, -0.25) is 9.59 Å². The molecule has 1 fully saturated rings. The number of carbonyl (C=O) groups excluding carboxylic acids is 2. The maximum absolute atomic E-state index is 13.6. The van der Waals surface area contributed by atoms with Crippen LogP contribution in [0.4, 0.5) is 4.39 Å². The van der Waals surface area contributed by atoms with E-state index in [4.69, 9.17) is 4.42 Å². The van der Waals surface area contributed by atoms with Gasteiger partial charge in [0.05, 0.1) is 11.2 Å². The Morgan fingerprint density at radius 3 is 2.17 bits per heavy atom. The molecule has 1 aromatic heterocycles. The summed E-state index contributed by atoms with van der Waals surface area (Å²) in [5.74, 6) is -0.850. The lowest BCUT2D eigenvalue weighted by Gasteiger charge is -2.40. The van der Waals surface area contributed by atoms with Crippen molar-refractivity contribution in [2.24, 2.45) is 0 Å². The molecule has 3 aromatic rings. The number of halogens is 1. The van der Waals surface area contributed by atoms with Gasteiger partial charge in [0.15, 0.2) is 5.76 Å². The van der Waals surface area contributed by atoms with Crippen molar-refractivity contribution in [3.05, 3.63) is 89.6 Å². The monoisotopic (exact) mass is 497 g/mol. The van der Waals surface area contributed by atoms with Crippen LogP contribution >= 0.6 is 0 Å². The molecule has 0 N–H and O–H groups in total. The number of hydrogen-bond acceptors (Lipinski definition) is 5. The SMILES string of the molecule is O=C(c1ccco1)N1CCN(C(=O)[C@@H]2Cc3ccccc3CN2S(=O)(=O)c2ccc(F)cc2)CC1. The second-order valence-electron chi connectivity index (χ2n) is 8.59. The smallest absolute Gasteiger partial charge is 0.289 e. The number of fused-ring (bicyclic) bond motifs is 1. The molecule has 0 aliphatic carbocycles. The Kier molecular flexibility index (Phi) is 6.16. The van der Waals surface area contributed by atoms with Gasteiger partial charge in [-0.15, -0.1) is 0 Å². The van der Waals surface area contributed by atoms with E-state index >= 15 is 0 Å². The first-order chi connectivity index (χ1) is 16.8. The van der Waals surface area contributed by atoms with E-state index in [2.05, 4.69) is 0 Å². The van der Waals surface area contributed by atoms with Crippen LogP contribution in [0.2, 0.25) is 0 Å². The largest absolute Gasteiger partial charge is 0.459 e. The number of piperazine rings is 1. The summed E-state index contributed by atoms with van der Waals surface area (Å²) in [5, 5.41) is 0. The predicted octanol–water partition coefficient (Wildman–Crippen LogP) is 2.52.